The van der Waals surface area contributed by atoms with Crippen molar-refractivity contribution in [2.45, 2.75) is 19.4 Å². The van der Waals surface area contributed by atoms with Gasteiger partial charge in [0.1, 0.15) is 17.7 Å². The van der Waals surface area contributed by atoms with Crippen LogP contribution in [0.3, 0.4) is 0 Å². The molecule has 5 nitrogen and oxygen atoms in total. The van der Waals surface area contributed by atoms with Crippen molar-refractivity contribution in [1.29, 1.82) is 0 Å². The number of rotatable bonds is 4. The number of hydrogen-bond acceptors (Lipinski definition) is 3. The predicted octanol–water partition coefficient (Wildman–Crippen LogP) is 4.49. The molecule has 29 heavy (non-hydrogen) atoms. The molecular weight excluding hydrogens is 416 g/mol. The van der Waals surface area contributed by atoms with E-state index in [9.17, 15) is 9.18 Å². The number of carbonyl (C=O) groups excluding carboxylic acids is 1. The van der Waals surface area contributed by atoms with Crippen LogP contribution in [0.15, 0.2) is 36.4 Å². The van der Waals surface area contributed by atoms with E-state index in [4.69, 9.17) is 32.9 Å². The fraction of sp³-hybridized carbons (Fsp3) is 0.333. The molecule has 4 rings (SSSR count). The Labute approximate surface area is 178 Å². The lowest BCUT2D eigenvalue weighted by Crippen LogP contribution is -2.43. The maximum absolute atomic E-state index is 13.3. The molecule has 2 aromatic carbocycles. The summed E-state index contributed by atoms with van der Waals surface area (Å²) in [4.78, 5) is 19.7. The molecule has 8 heteroatoms. The average Bonchev–Trinajstić information content (AvgIpc) is 3.06. The summed E-state index contributed by atoms with van der Waals surface area (Å²) in [6, 6.07) is 9.22. The smallest absolute Gasteiger partial charge is 0.245 e. The molecule has 1 aliphatic rings. The zero-order chi connectivity index (χ0) is 20.5. The fourth-order valence-corrected chi connectivity index (χ4v) is 3.96. The molecule has 0 N–H and O–H groups in total. The molecule has 1 amide bonds. The highest BCUT2D eigenvalue weighted by atomic mass is 35.5. The van der Waals surface area contributed by atoms with Crippen LogP contribution in [0.4, 0.5) is 4.39 Å². The number of fused-ring (bicyclic) bond motifs is 1. The van der Waals surface area contributed by atoms with E-state index < -0.39 is 6.04 Å². The van der Waals surface area contributed by atoms with Crippen molar-refractivity contribution >= 4 is 40.1 Å². The van der Waals surface area contributed by atoms with Crippen LogP contribution in [-0.4, -0.2) is 46.7 Å². The quantitative estimate of drug-likeness (QED) is 0.606. The van der Waals surface area contributed by atoms with Crippen molar-refractivity contribution in [2.24, 2.45) is 0 Å². The first-order valence-electron chi connectivity index (χ1n) is 9.41. The molecule has 0 spiro atoms. The maximum atomic E-state index is 13.3. The van der Waals surface area contributed by atoms with E-state index in [0.717, 1.165) is 11.1 Å². The van der Waals surface area contributed by atoms with Crippen molar-refractivity contribution < 1.29 is 13.9 Å². The summed E-state index contributed by atoms with van der Waals surface area (Å²) in [6.45, 7) is 4.06. The summed E-state index contributed by atoms with van der Waals surface area (Å²) >= 11 is 12.4. The van der Waals surface area contributed by atoms with Crippen LogP contribution in [0, 0.1) is 5.82 Å². The molecule has 0 radical (unpaired) electrons. The molecule has 1 atom stereocenters. The Morgan fingerprint density at radius 3 is 2.52 bits per heavy atom. The van der Waals surface area contributed by atoms with Crippen LogP contribution < -0.4 is 0 Å². The number of amides is 1. The zero-order valence-corrected chi connectivity index (χ0v) is 17.4. The summed E-state index contributed by atoms with van der Waals surface area (Å²) in [5, 5.41) is 0.809. The van der Waals surface area contributed by atoms with Gasteiger partial charge in [-0.25, -0.2) is 9.37 Å². The number of hydrogen-bond donors (Lipinski definition) is 0. The van der Waals surface area contributed by atoms with Gasteiger partial charge in [-0.05, 0) is 36.8 Å². The topological polar surface area (TPSA) is 47.4 Å². The van der Waals surface area contributed by atoms with Crippen LogP contribution in [0.5, 0.6) is 0 Å². The van der Waals surface area contributed by atoms with Crippen molar-refractivity contribution in [2.75, 3.05) is 26.3 Å². The lowest BCUT2D eigenvalue weighted by atomic mass is 10.1. The second-order valence-corrected chi connectivity index (χ2v) is 7.88. The average molecular weight is 436 g/mol. The number of aromatic nitrogens is 2. The van der Waals surface area contributed by atoms with Gasteiger partial charge in [0.05, 0.1) is 34.3 Å². The first-order valence-corrected chi connectivity index (χ1v) is 10.2. The molecule has 0 saturated carbocycles. The minimum atomic E-state index is -0.481. The Balaban J connectivity index is 1.77. The number of halogens is 3. The highest BCUT2D eigenvalue weighted by Gasteiger charge is 2.27. The molecule has 1 aliphatic heterocycles. The summed E-state index contributed by atoms with van der Waals surface area (Å²) < 4.78 is 20.5. The molecule has 0 aliphatic carbocycles. The molecular formula is C21H20Cl2FN3O2. The largest absolute Gasteiger partial charge is 0.378 e. The Bertz CT molecular complexity index is 1050. The van der Waals surface area contributed by atoms with E-state index in [0.29, 0.717) is 54.1 Å². The first kappa shape index (κ1) is 20.1. The Kier molecular flexibility index (Phi) is 5.76. The molecule has 1 saturated heterocycles. The van der Waals surface area contributed by atoms with Crippen molar-refractivity contribution in [3.63, 3.8) is 0 Å². The highest BCUT2D eigenvalue weighted by molar-refractivity contribution is 6.42. The van der Waals surface area contributed by atoms with Gasteiger partial charge >= 0.3 is 0 Å². The van der Waals surface area contributed by atoms with Crippen LogP contribution in [0.1, 0.15) is 24.4 Å². The second-order valence-electron chi connectivity index (χ2n) is 7.07. The molecule has 2 heterocycles. The van der Waals surface area contributed by atoms with Gasteiger partial charge in [-0.15, -0.1) is 0 Å². The maximum Gasteiger partial charge on any atom is 0.245 e. The van der Waals surface area contributed by atoms with Crippen LogP contribution in [0.2, 0.25) is 10.0 Å². The van der Waals surface area contributed by atoms with Crippen molar-refractivity contribution in [3.05, 3.63) is 63.6 Å². The Morgan fingerprint density at radius 2 is 1.83 bits per heavy atom. The van der Waals surface area contributed by atoms with Crippen LogP contribution in [-0.2, 0) is 16.0 Å². The number of benzene rings is 2. The molecule has 152 valence electrons. The summed E-state index contributed by atoms with van der Waals surface area (Å²) in [7, 11) is 0. The van der Waals surface area contributed by atoms with Crippen LogP contribution >= 0.6 is 23.2 Å². The third kappa shape index (κ3) is 4.10. The van der Waals surface area contributed by atoms with Gasteiger partial charge in [0.15, 0.2) is 0 Å². The standard InChI is InChI=1S/C21H20Cl2FN3O2/c1-13(21(28)26-6-8-29-9-7-26)27-19-12-17(23)16(22)11-18(19)25-20(27)10-14-2-4-15(24)5-3-14/h2-5,11-13H,6-10H2,1H3/t13-/m1/s1. The monoisotopic (exact) mass is 435 g/mol. The van der Waals surface area contributed by atoms with Gasteiger partial charge in [-0.3, -0.25) is 4.79 Å². The van der Waals surface area contributed by atoms with E-state index in [-0.39, 0.29) is 11.7 Å². The Morgan fingerprint density at radius 1 is 1.17 bits per heavy atom. The van der Waals surface area contributed by atoms with E-state index in [1.807, 2.05) is 11.5 Å². The normalized spacial score (nSPS) is 15.7. The summed E-state index contributed by atoms with van der Waals surface area (Å²) in [6.07, 6.45) is 0.449. The van der Waals surface area contributed by atoms with Gasteiger partial charge in [0.25, 0.3) is 0 Å². The van der Waals surface area contributed by atoms with Crippen molar-refractivity contribution in [1.82, 2.24) is 14.5 Å². The predicted molar refractivity (Wildman–Crippen MR) is 111 cm³/mol. The lowest BCUT2D eigenvalue weighted by Gasteiger charge is -2.30. The Hall–Kier alpha value is -2.15. The SMILES string of the molecule is C[C@H](C(=O)N1CCOCC1)n1c(Cc2ccc(F)cc2)nc2cc(Cl)c(Cl)cc21. The highest BCUT2D eigenvalue weighted by Crippen LogP contribution is 2.31. The zero-order valence-electron chi connectivity index (χ0n) is 15.9. The minimum absolute atomic E-state index is 0.000899. The van der Waals surface area contributed by atoms with Gasteiger partial charge in [-0.2, -0.15) is 0 Å². The first-order chi connectivity index (χ1) is 13.9. The fourth-order valence-electron chi connectivity index (χ4n) is 3.64. The molecule has 1 fully saturated rings. The van der Waals surface area contributed by atoms with Gasteiger partial charge in [-0.1, -0.05) is 35.3 Å². The third-order valence-electron chi connectivity index (χ3n) is 5.15. The molecule has 0 unspecified atom stereocenters. The summed E-state index contributed by atoms with van der Waals surface area (Å²) in [5.41, 5.74) is 2.30. The lowest BCUT2D eigenvalue weighted by molar-refractivity contribution is -0.138. The van der Waals surface area contributed by atoms with E-state index in [2.05, 4.69) is 0 Å². The number of morpholine rings is 1. The number of carbonyl (C=O) groups is 1. The van der Waals surface area contributed by atoms with Crippen molar-refractivity contribution in [3.8, 4) is 0 Å². The second kappa shape index (κ2) is 8.30. The number of ether oxygens (including phenoxy) is 1. The minimum Gasteiger partial charge on any atom is -0.378 e. The number of imidazole rings is 1. The molecule has 3 aromatic rings. The van der Waals surface area contributed by atoms with Gasteiger partial charge in [0, 0.05) is 19.5 Å². The number of nitrogens with zero attached hydrogens (tertiary/aromatic N) is 3. The van der Waals surface area contributed by atoms with E-state index in [1.165, 1.54) is 12.1 Å². The van der Waals surface area contributed by atoms with Crippen LogP contribution in [0.25, 0.3) is 11.0 Å². The third-order valence-corrected chi connectivity index (χ3v) is 5.87. The van der Waals surface area contributed by atoms with E-state index >= 15 is 0 Å². The molecule has 1 aromatic heterocycles. The van der Waals surface area contributed by atoms with Gasteiger partial charge in [0.2, 0.25) is 5.91 Å². The molecule has 0 bridgehead atoms. The van der Waals surface area contributed by atoms with Gasteiger partial charge < -0.3 is 14.2 Å². The van der Waals surface area contributed by atoms with E-state index in [1.54, 1.807) is 29.2 Å². The summed E-state index contributed by atoms with van der Waals surface area (Å²) in [5.74, 6) is 0.398.